The molecule has 7 nitrogen and oxygen atoms in total. The summed E-state index contributed by atoms with van der Waals surface area (Å²) in [6.45, 7) is 1.82. The van der Waals surface area contributed by atoms with Crippen molar-refractivity contribution in [2.75, 3.05) is 18.4 Å². The molecular formula is C14H15ClF2N2O5S. The second kappa shape index (κ2) is 6.50. The standard InChI is InChI=1S/C14H15ClF2N2O5S/c1-7(20)18-9-5-8(16)12(11(17)10(9)15)25(23,24)19-4-3-14(2,6-19)13(21)22/h5H,3-4,6H2,1-2H3,(H,18,20)(H,21,22). The molecule has 2 N–H and O–H groups in total. The predicted octanol–water partition coefficient (Wildman–Crippen LogP) is 2.06. The molecule has 1 amide bonds. The molecule has 11 heteroatoms. The van der Waals surface area contributed by atoms with Crippen LogP contribution in [0.5, 0.6) is 0 Å². The van der Waals surface area contributed by atoms with Crippen molar-refractivity contribution in [2.24, 2.45) is 5.41 Å². The van der Waals surface area contributed by atoms with Crippen molar-refractivity contribution in [3.8, 4) is 0 Å². The third-order valence-corrected chi connectivity index (χ3v) is 6.23. The zero-order valence-electron chi connectivity index (χ0n) is 13.3. The number of carboxylic acid groups (broad SMARTS) is 1. The van der Waals surface area contributed by atoms with E-state index in [9.17, 15) is 26.8 Å². The number of anilines is 1. The smallest absolute Gasteiger partial charge is 0.310 e. The fourth-order valence-electron chi connectivity index (χ4n) is 2.52. The summed E-state index contributed by atoms with van der Waals surface area (Å²) in [4.78, 5) is 21.0. The van der Waals surface area contributed by atoms with E-state index in [-0.39, 0.29) is 13.0 Å². The van der Waals surface area contributed by atoms with E-state index in [2.05, 4.69) is 5.32 Å². The van der Waals surface area contributed by atoms with Crippen LogP contribution in [0.1, 0.15) is 20.3 Å². The fourth-order valence-corrected chi connectivity index (χ4v) is 4.45. The van der Waals surface area contributed by atoms with Crippen LogP contribution in [0.4, 0.5) is 14.5 Å². The van der Waals surface area contributed by atoms with E-state index >= 15 is 0 Å². The Hall–Kier alpha value is -1.78. The molecular weight excluding hydrogens is 382 g/mol. The summed E-state index contributed by atoms with van der Waals surface area (Å²) in [6.07, 6.45) is 0.00249. The number of carbonyl (C=O) groups excluding carboxylic acids is 1. The van der Waals surface area contributed by atoms with Gasteiger partial charge in [0.25, 0.3) is 0 Å². The lowest BCUT2D eigenvalue weighted by Crippen LogP contribution is -2.35. The van der Waals surface area contributed by atoms with Gasteiger partial charge in [-0.1, -0.05) is 11.6 Å². The van der Waals surface area contributed by atoms with Gasteiger partial charge in [0.05, 0.1) is 11.1 Å². The second-order valence-electron chi connectivity index (χ2n) is 6.00. The Labute approximate surface area is 147 Å². The molecule has 0 bridgehead atoms. The summed E-state index contributed by atoms with van der Waals surface area (Å²) < 4.78 is 54.6. The van der Waals surface area contributed by atoms with E-state index < -0.39 is 61.1 Å². The third-order valence-electron chi connectivity index (χ3n) is 3.98. The predicted molar refractivity (Wildman–Crippen MR) is 84.8 cm³/mol. The molecule has 1 aliphatic heterocycles. The number of carboxylic acids is 1. The number of sulfonamides is 1. The molecule has 2 rings (SSSR count). The Bertz CT molecular complexity index is 861. The quantitative estimate of drug-likeness (QED) is 0.758. The molecule has 1 aliphatic rings. The molecule has 25 heavy (non-hydrogen) atoms. The number of hydrogen-bond donors (Lipinski definition) is 2. The van der Waals surface area contributed by atoms with Crippen molar-refractivity contribution < 1.29 is 31.9 Å². The van der Waals surface area contributed by atoms with Gasteiger partial charge in [-0.05, 0) is 13.3 Å². The highest BCUT2D eigenvalue weighted by molar-refractivity contribution is 7.89. The van der Waals surface area contributed by atoms with Crippen molar-refractivity contribution in [1.82, 2.24) is 4.31 Å². The molecule has 1 atom stereocenters. The van der Waals surface area contributed by atoms with Crippen molar-refractivity contribution in [3.63, 3.8) is 0 Å². The molecule has 1 unspecified atom stereocenters. The van der Waals surface area contributed by atoms with Crippen LogP contribution in [-0.4, -0.2) is 42.8 Å². The molecule has 138 valence electrons. The highest BCUT2D eigenvalue weighted by Gasteiger charge is 2.46. The first kappa shape index (κ1) is 19.5. The van der Waals surface area contributed by atoms with Crippen LogP contribution >= 0.6 is 11.6 Å². The van der Waals surface area contributed by atoms with Gasteiger partial charge in [0, 0.05) is 26.1 Å². The number of aliphatic carboxylic acids is 1. The number of amides is 1. The maximum atomic E-state index is 14.4. The lowest BCUT2D eigenvalue weighted by Gasteiger charge is -2.21. The van der Waals surface area contributed by atoms with E-state index in [1.807, 2.05) is 0 Å². The van der Waals surface area contributed by atoms with Crippen LogP contribution in [0.2, 0.25) is 5.02 Å². The molecule has 0 saturated carbocycles. The first-order chi connectivity index (χ1) is 11.4. The third kappa shape index (κ3) is 3.46. The van der Waals surface area contributed by atoms with Gasteiger partial charge < -0.3 is 10.4 Å². The summed E-state index contributed by atoms with van der Waals surface area (Å²) >= 11 is 5.70. The number of nitrogens with one attached hydrogen (secondary N) is 1. The number of nitrogens with zero attached hydrogens (tertiary/aromatic N) is 1. The van der Waals surface area contributed by atoms with Gasteiger partial charge in [-0.2, -0.15) is 4.31 Å². The molecule has 1 saturated heterocycles. The molecule has 0 aliphatic carbocycles. The van der Waals surface area contributed by atoms with Crippen LogP contribution in [-0.2, 0) is 19.6 Å². The topological polar surface area (TPSA) is 104 Å². The van der Waals surface area contributed by atoms with E-state index in [0.29, 0.717) is 10.4 Å². The fraction of sp³-hybridized carbons (Fsp3) is 0.429. The molecule has 0 radical (unpaired) electrons. The summed E-state index contributed by atoms with van der Waals surface area (Å²) in [5.74, 6) is -4.83. The van der Waals surface area contributed by atoms with Gasteiger partial charge in [0.15, 0.2) is 10.7 Å². The van der Waals surface area contributed by atoms with Gasteiger partial charge in [-0.15, -0.1) is 0 Å². The highest BCUT2D eigenvalue weighted by Crippen LogP contribution is 2.38. The average molecular weight is 397 g/mol. The number of carbonyl (C=O) groups is 2. The Morgan fingerprint density at radius 1 is 1.40 bits per heavy atom. The second-order valence-corrected chi connectivity index (χ2v) is 8.25. The van der Waals surface area contributed by atoms with Crippen molar-refractivity contribution >= 4 is 39.2 Å². The Morgan fingerprint density at radius 2 is 2.00 bits per heavy atom. The Morgan fingerprint density at radius 3 is 2.48 bits per heavy atom. The molecule has 1 fully saturated rings. The first-order valence-electron chi connectivity index (χ1n) is 7.09. The van der Waals surface area contributed by atoms with Crippen molar-refractivity contribution in [3.05, 3.63) is 22.7 Å². The molecule has 1 aromatic rings. The maximum absolute atomic E-state index is 14.4. The van der Waals surface area contributed by atoms with Gasteiger partial charge in [0.1, 0.15) is 10.8 Å². The van der Waals surface area contributed by atoms with Gasteiger partial charge in [0.2, 0.25) is 15.9 Å². The Kier molecular flexibility index (Phi) is 5.08. The molecule has 1 aromatic carbocycles. The van der Waals surface area contributed by atoms with E-state index in [0.717, 1.165) is 6.92 Å². The molecule has 1 heterocycles. The van der Waals surface area contributed by atoms with Gasteiger partial charge in [-0.25, -0.2) is 17.2 Å². The number of benzene rings is 1. The minimum Gasteiger partial charge on any atom is -0.481 e. The summed E-state index contributed by atoms with van der Waals surface area (Å²) in [5, 5.41) is 10.5. The zero-order chi connectivity index (χ0) is 19.2. The summed E-state index contributed by atoms with van der Waals surface area (Å²) in [7, 11) is -4.65. The Balaban J connectivity index is 2.49. The van der Waals surface area contributed by atoms with Crippen molar-refractivity contribution in [1.29, 1.82) is 0 Å². The lowest BCUT2D eigenvalue weighted by molar-refractivity contribution is -0.146. The lowest BCUT2D eigenvalue weighted by atomic mass is 9.90. The molecule has 0 spiro atoms. The van der Waals surface area contributed by atoms with E-state index in [1.165, 1.54) is 6.92 Å². The highest BCUT2D eigenvalue weighted by atomic mass is 35.5. The van der Waals surface area contributed by atoms with Crippen LogP contribution < -0.4 is 5.32 Å². The largest absolute Gasteiger partial charge is 0.481 e. The van der Waals surface area contributed by atoms with Crippen LogP contribution in [0.25, 0.3) is 0 Å². The summed E-state index contributed by atoms with van der Waals surface area (Å²) in [6, 6.07) is 0.603. The normalized spacial score (nSPS) is 21.3. The summed E-state index contributed by atoms with van der Waals surface area (Å²) in [5.41, 5.74) is -1.75. The van der Waals surface area contributed by atoms with Crippen LogP contribution in [0.3, 0.4) is 0 Å². The zero-order valence-corrected chi connectivity index (χ0v) is 14.8. The van der Waals surface area contributed by atoms with Gasteiger partial charge in [-0.3, -0.25) is 9.59 Å². The van der Waals surface area contributed by atoms with E-state index in [1.54, 1.807) is 0 Å². The number of halogens is 3. The minimum atomic E-state index is -4.65. The van der Waals surface area contributed by atoms with Crippen molar-refractivity contribution in [2.45, 2.75) is 25.2 Å². The van der Waals surface area contributed by atoms with E-state index in [4.69, 9.17) is 16.7 Å². The minimum absolute atomic E-state index is 0.00249. The SMILES string of the molecule is CC(=O)Nc1cc(F)c(S(=O)(=O)N2CCC(C)(C(=O)O)C2)c(F)c1Cl. The maximum Gasteiger partial charge on any atom is 0.310 e. The average Bonchev–Trinajstić information content (AvgIpc) is 2.88. The monoisotopic (exact) mass is 396 g/mol. The number of rotatable bonds is 4. The van der Waals surface area contributed by atoms with Crippen LogP contribution in [0, 0.1) is 17.0 Å². The first-order valence-corrected chi connectivity index (χ1v) is 8.90. The molecule has 0 aromatic heterocycles. The number of hydrogen-bond acceptors (Lipinski definition) is 4. The van der Waals surface area contributed by atoms with Gasteiger partial charge >= 0.3 is 5.97 Å². The van der Waals surface area contributed by atoms with Crippen LogP contribution in [0.15, 0.2) is 11.0 Å².